The predicted octanol–water partition coefficient (Wildman–Crippen LogP) is 3.49. The number of aliphatic hydroxyl groups excluding tert-OH is 2. The fourth-order valence-electron chi connectivity index (χ4n) is 4.18. The van der Waals surface area contributed by atoms with Crippen LogP contribution in [0.25, 0.3) is 16.8 Å². The number of aromatic nitrogens is 2. The number of aliphatic carboxylic acids is 1. The van der Waals surface area contributed by atoms with E-state index in [9.17, 15) is 37.4 Å². The number of carbonyl (C=O) groups is 2. The number of aliphatic hydroxyl groups is 2. The molecule has 0 amide bonds. The van der Waals surface area contributed by atoms with E-state index >= 15 is 0 Å². The molecule has 1 heterocycles. The zero-order valence-corrected chi connectivity index (χ0v) is 28.6. The number of hydrogen-bond donors (Lipinski definition) is 3. The molecule has 3 rings (SSSR count). The molecular formula is C31H36BrFN2O11S. The first-order chi connectivity index (χ1) is 21.8. The first kappa shape index (κ1) is 37.8. The summed E-state index contributed by atoms with van der Waals surface area (Å²) in [4.78, 5) is 37.5. The number of carbonyl (C=O) groups excluding carboxylic acids is 1. The van der Waals surface area contributed by atoms with Crippen LogP contribution < -0.4 is 10.3 Å². The average Bonchev–Trinajstić information content (AvgIpc) is 2.97. The first-order valence-electron chi connectivity index (χ1n) is 14.3. The number of rotatable bonds is 15. The van der Waals surface area contributed by atoms with E-state index in [0.29, 0.717) is 12.0 Å². The Kier molecular flexibility index (Phi) is 12.4. The van der Waals surface area contributed by atoms with Crippen molar-refractivity contribution in [3.05, 3.63) is 69.3 Å². The second-order valence-electron chi connectivity index (χ2n) is 11.7. The highest BCUT2D eigenvalue weighted by atomic mass is 79.9. The Morgan fingerprint density at radius 3 is 2.28 bits per heavy atom. The molecule has 3 N–H and O–H groups in total. The Hall–Kier alpha value is -3.70. The summed E-state index contributed by atoms with van der Waals surface area (Å²) in [5.74, 6) is -3.88. The summed E-state index contributed by atoms with van der Waals surface area (Å²) in [5, 5.41) is 32.7. The Morgan fingerprint density at radius 2 is 1.72 bits per heavy atom. The van der Waals surface area contributed by atoms with Crippen molar-refractivity contribution in [2.24, 2.45) is 5.92 Å². The summed E-state index contributed by atoms with van der Waals surface area (Å²) >= 11 is 3.09. The molecule has 3 atom stereocenters. The van der Waals surface area contributed by atoms with Gasteiger partial charge in [0.05, 0.1) is 27.9 Å². The molecular weight excluding hydrogens is 707 g/mol. The molecule has 0 saturated carbocycles. The number of nitrogens with zero attached hydrogens (tertiary/aromatic N) is 2. The molecule has 0 spiro atoms. The van der Waals surface area contributed by atoms with Gasteiger partial charge < -0.3 is 29.5 Å². The van der Waals surface area contributed by atoms with Crippen LogP contribution in [-0.2, 0) is 28.9 Å². The lowest BCUT2D eigenvalue weighted by Crippen LogP contribution is -2.45. The standard InChI is InChI=1S/C31H36BrFN2O11S/c1-17(2)12-13-44-24(15-31(3,4)46-30(41)26(37)25(36)29(39)40)45-27-21(18-6-9-20(10-7-18)47(5,42)43)16-34-35(28(27)38)19-8-11-23(33)22(32)14-19/h6-11,14,16-17,24-26,36-37H,12-13,15H2,1-5H3,(H,39,40)/t24?,25-,26-/m1/s1. The van der Waals surface area contributed by atoms with Gasteiger partial charge in [0, 0.05) is 18.2 Å². The first-order valence-corrected chi connectivity index (χ1v) is 17.0. The van der Waals surface area contributed by atoms with Crippen molar-refractivity contribution in [1.82, 2.24) is 9.78 Å². The molecule has 3 aromatic rings. The van der Waals surface area contributed by atoms with E-state index in [2.05, 4.69) is 21.0 Å². The van der Waals surface area contributed by atoms with E-state index in [-0.39, 0.29) is 45.3 Å². The molecule has 47 heavy (non-hydrogen) atoms. The molecule has 0 fully saturated rings. The SMILES string of the molecule is CC(C)CCOC(CC(C)(C)OC(=O)[C@H](O)[C@@H](O)C(=O)O)Oc1c(-c2ccc(S(C)(=O)=O)cc2)cnn(-c2ccc(F)c(Br)c2)c1=O. The van der Waals surface area contributed by atoms with Crippen LogP contribution in [-0.4, -0.2) is 82.4 Å². The highest BCUT2D eigenvalue weighted by Gasteiger charge is 2.37. The van der Waals surface area contributed by atoms with Gasteiger partial charge in [-0.3, -0.25) is 4.79 Å². The topological polar surface area (TPSA) is 192 Å². The fraction of sp³-hybridized carbons (Fsp3) is 0.419. The quantitative estimate of drug-likeness (QED) is 0.152. The molecule has 1 aromatic heterocycles. The Bertz CT molecular complexity index is 1760. The number of hydrogen-bond acceptors (Lipinski definition) is 11. The third-order valence-electron chi connectivity index (χ3n) is 6.75. The lowest BCUT2D eigenvalue weighted by molar-refractivity contribution is -0.186. The van der Waals surface area contributed by atoms with Gasteiger partial charge in [-0.25, -0.2) is 22.4 Å². The van der Waals surface area contributed by atoms with Crippen molar-refractivity contribution in [3.63, 3.8) is 0 Å². The smallest absolute Gasteiger partial charge is 0.338 e. The van der Waals surface area contributed by atoms with Crippen LogP contribution in [0.4, 0.5) is 4.39 Å². The van der Waals surface area contributed by atoms with Gasteiger partial charge in [0.15, 0.2) is 27.8 Å². The van der Waals surface area contributed by atoms with E-state index < -0.39 is 57.3 Å². The van der Waals surface area contributed by atoms with E-state index in [1.54, 1.807) is 0 Å². The molecule has 0 aliphatic carbocycles. The van der Waals surface area contributed by atoms with Gasteiger partial charge >= 0.3 is 17.5 Å². The number of carboxylic acids is 1. The van der Waals surface area contributed by atoms with Crippen LogP contribution in [0.15, 0.2) is 62.8 Å². The maximum absolute atomic E-state index is 14.0. The molecule has 0 aliphatic rings. The summed E-state index contributed by atoms with van der Waals surface area (Å²) in [6, 6.07) is 9.44. The maximum atomic E-state index is 14.0. The highest BCUT2D eigenvalue weighted by molar-refractivity contribution is 9.10. The van der Waals surface area contributed by atoms with Gasteiger partial charge in [0.25, 0.3) is 0 Å². The minimum Gasteiger partial charge on any atom is -0.479 e. The van der Waals surface area contributed by atoms with Gasteiger partial charge in [-0.1, -0.05) is 26.0 Å². The van der Waals surface area contributed by atoms with Gasteiger partial charge in [-0.05, 0) is 78.0 Å². The monoisotopic (exact) mass is 742 g/mol. The van der Waals surface area contributed by atoms with E-state index in [0.717, 1.165) is 17.0 Å². The van der Waals surface area contributed by atoms with Crippen LogP contribution in [0.3, 0.4) is 0 Å². The fourth-order valence-corrected chi connectivity index (χ4v) is 5.18. The van der Waals surface area contributed by atoms with Crippen molar-refractivity contribution in [2.75, 3.05) is 12.9 Å². The number of ether oxygens (including phenoxy) is 3. The molecule has 0 aliphatic heterocycles. The highest BCUT2D eigenvalue weighted by Crippen LogP contribution is 2.31. The zero-order chi connectivity index (χ0) is 35.3. The van der Waals surface area contributed by atoms with Crippen LogP contribution in [0.5, 0.6) is 5.75 Å². The van der Waals surface area contributed by atoms with Crippen molar-refractivity contribution in [2.45, 2.75) is 69.5 Å². The van der Waals surface area contributed by atoms with Crippen LogP contribution in [0.1, 0.15) is 40.5 Å². The minimum atomic E-state index is -3.53. The van der Waals surface area contributed by atoms with Crippen molar-refractivity contribution >= 4 is 37.7 Å². The number of esters is 1. The van der Waals surface area contributed by atoms with Crippen LogP contribution >= 0.6 is 15.9 Å². The van der Waals surface area contributed by atoms with Crippen LogP contribution in [0.2, 0.25) is 0 Å². The molecule has 0 radical (unpaired) electrons. The Labute approximate surface area is 279 Å². The predicted molar refractivity (Wildman–Crippen MR) is 170 cm³/mol. The second-order valence-corrected chi connectivity index (χ2v) is 14.6. The molecule has 0 bridgehead atoms. The maximum Gasteiger partial charge on any atom is 0.338 e. The Morgan fingerprint density at radius 1 is 1.09 bits per heavy atom. The normalized spacial score (nSPS) is 14.0. The average molecular weight is 744 g/mol. The number of sulfone groups is 1. The largest absolute Gasteiger partial charge is 0.479 e. The van der Waals surface area contributed by atoms with Crippen molar-refractivity contribution in [3.8, 4) is 22.6 Å². The van der Waals surface area contributed by atoms with Gasteiger partial charge in [0.1, 0.15) is 11.4 Å². The molecule has 2 aromatic carbocycles. The summed E-state index contributed by atoms with van der Waals surface area (Å²) in [7, 11) is -3.53. The van der Waals surface area contributed by atoms with Crippen molar-refractivity contribution < 1.29 is 51.9 Å². The zero-order valence-electron chi connectivity index (χ0n) is 26.2. The number of carboxylic acid groups (broad SMARTS) is 1. The van der Waals surface area contributed by atoms with E-state index in [1.807, 2.05) is 13.8 Å². The summed E-state index contributed by atoms with van der Waals surface area (Å²) < 4.78 is 56.6. The lowest BCUT2D eigenvalue weighted by atomic mass is 10.0. The van der Waals surface area contributed by atoms with Crippen LogP contribution in [0, 0.1) is 11.7 Å². The third-order valence-corrected chi connectivity index (χ3v) is 8.49. The van der Waals surface area contributed by atoms with Crippen molar-refractivity contribution in [1.29, 1.82) is 0 Å². The molecule has 0 saturated heterocycles. The van der Waals surface area contributed by atoms with E-state index in [4.69, 9.17) is 19.3 Å². The molecule has 256 valence electrons. The Balaban J connectivity index is 2.10. The number of benzene rings is 2. The van der Waals surface area contributed by atoms with Gasteiger partial charge in [-0.2, -0.15) is 9.78 Å². The van der Waals surface area contributed by atoms with Gasteiger partial charge in [0.2, 0.25) is 6.29 Å². The minimum absolute atomic E-state index is 0.0369. The molecule has 16 heteroatoms. The number of halogens is 2. The second kappa shape index (κ2) is 15.5. The van der Waals surface area contributed by atoms with E-state index in [1.165, 1.54) is 56.4 Å². The molecule has 13 nitrogen and oxygen atoms in total. The molecule has 1 unspecified atom stereocenters. The third kappa shape index (κ3) is 10.1. The summed E-state index contributed by atoms with van der Waals surface area (Å²) in [6.07, 6.45) is -3.39. The lowest BCUT2D eigenvalue weighted by Gasteiger charge is -2.31. The summed E-state index contributed by atoms with van der Waals surface area (Å²) in [6.45, 7) is 6.92. The van der Waals surface area contributed by atoms with Gasteiger partial charge in [-0.15, -0.1) is 0 Å². The summed E-state index contributed by atoms with van der Waals surface area (Å²) in [5.41, 5.74) is -1.59.